The van der Waals surface area contributed by atoms with Gasteiger partial charge in [-0.2, -0.15) is 0 Å². The molecule has 3 rings (SSSR count). The van der Waals surface area contributed by atoms with Crippen molar-refractivity contribution >= 4 is 28.6 Å². The first-order valence-electron chi connectivity index (χ1n) is 6.92. The van der Waals surface area contributed by atoms with E-state index in [0.717, 1.165) is 16.9 Å². The number of H-pyrrole nitrogens is 2. The Bertz CT molecular complexity index is 910. The Labute approximate surface area is 187 Å². The topological polar surface area (TPSA) is 426 Å². The second-order valence-electron chi connectivity index (χ2n) is 4.68. The minimum atomic E-state index is -4.94. The lowest BCUT2D eigenvalue weighted by atomic mass is 10.2. The number of nitrogen functional groups attached to an aromatic ring is 1. The van der Waals surface area contributed by atoms with Gasteiger partial charge in [-0.25, -0.2) is 47.1 Å². The van der Waals surface area contributed by atoms with Crippen LogP contribution in [0.25, 0.3) is 11.2 Å². The molecule has 0 aliphatic carbocycles. The Morgan fingerprint density at radius 1 is 1.00 bits per heavy atom. The number of fused-ring (bicyclic) bond motifs is 1. The molecule has 2 heterocycles. The van der Waals surface area contributed by atoms with E-state index < -0.39 is 26.5 Å². The SMILES string of the molecule is Nc1nc[nH+]c2nc[nH]c12.O.O.O.[NH3+]c1cccc(C(=O)O)c1.[O-][Cl+3]([O-])([O-])[O-].[O-][Cl+3]([O-])([O-])[O-]. The van der Waals surface area contributed by atoms with Crippen LogP contribution < -0.4 is 53.7 Å². The number of hydrogen-bond donors (Lipinski definition) is 4. The fourth-order valence-electron chi connectivity index (χ4n) is 1.53. The molecule has 190 valence electrons. The number of nitrogens with two attached hydrogens (primary N) is 1. The standard InChI is InChI=1S/C7H7NO2.C5H5N5.2ClHO4.3H2O/c8-6-3-1-2-5(4-6)7(9)10;6-4-3-5(9-1-7-3)10-2-8-4;2*2-1(3,4)5;;;/h1-4H,8H2,(H,9,10);1-2H,(H3,6,7,8,9,10);2*(H,2,3,4,5);3*1H2. The molecular formula is C12H20Cl2N6O13. The van der Waals surface area contributed by atoms with Crippen molar-refractivity contribution in [3.8, 4) is 0 Å². The number of hydrogen-bond acceptors (Lipinski definition) is 12. The maximum atomic E-state index is 10.3. The van der Waals surface area contributed by atoms with Gasteiger partial charge in [0, 0.05) is 6.07 Å². The zero-order valence-corrected chi connectivity index (χ0v) is 17.5. The number of aromatic amines is 2. The number of anilines is 1. The maximum absolute atomic E-state index is 10.3. The van der Waals surface area contributed by atoms with Crippen LogP contribution in [-0.2, 0) is 0 Å². The molecule has 0 aliphatic rings. The summed E-state index contributed by atoms with van der Waals surface area (Å²) < 4.78 is 67.9. The van der Waals surface area contributed by atoms with Crippen molar-refractivity contribution in [3.05, 3.63) is 42.5 Å². The predicted molar refractivity (Wildman–Crippen MR) is 81.6 cm³/mol. The fraction of sp³-hybridized carbons (Fsp3) is 0. The molecule has 0 amide bonds. The molecule has 0 atom stereocenters. The molecule has 0 fully saturated rings. The highest BCUT2D eigenvalue weighted by Gasteiger charge is 2.06. The first-order chi connectivity index (χ1) is 13.6. The van der Waals surface area contributed by atoms with Crippen molar-refractivity contribution in [2.24, 2.45) is 0 Å². The molecular weight excluding hydrogens is 507 g/mol. The van der Waals surface area contributed by atoms with E-state index in [1.165, 1.54) is 18.5 Å². The molecule has 3 aromatic rings. The first-order valence-corrected chi connectivity index (χ1v) is 9.39. The summed E-state index contributed by atoms with van der Waals surface area (Å²) in [5.41, 5.74) is 11.6. The van der Waals surface area contributed by atoms with E-state index in [4.69, 9.17) is 48.1 Å². The lowest BCUT2D eigenvalue weighted by Crippen LogP contribution is -2.68. The van der Waals surface area contributed by atoms with Gasteiger partial charge in [0.2, 0.25) is 12.1 Å². The van der Waals surface area contributed by atoms with Crippen LogP contribution in [0.15, 0.2) is 36.9 Å². The summed E-state index contributed by atoms with van der Waals surface area (Å²) in [6, 6.07) is 6.50. The third-order valence-corrected chi connectivity index (χ3v) is 2.47. The van der Waals surface area contributed by atoms with Crippen molar-refractivity contribution in [1.29, 1.82) is 0 Å². The quantitative estimate of drug-likeness (QED) is 0.228. The maximum Gasteiger partial charge on any atom is 0.335 e. The van der Waals surface area contributed by atoms with E-state index in [9.17, 15) is 4.79 Å². The number of carboxylic acids is 1. The first kappa shape index (κ1) is 37.5. The molecule has 21 heteroatoms. The summed E-state index contributed by atoms with van der Waals surface area (Å²) in [5, 5.41) is 8.48. The average Bonchev–Trinajstić information content (AvgIpc) is 3.02. The van der Waals surface area contributed by atoms with Crippen LogP contribution in [0.1, 0.15) is 10.4 Å². The van der Waals surface area contributed by atoms with Gasteiger partial charge in [0.15, 0.2) is 11.8 Å². The summed E-state index contributed by atoms with van der Waals surface area (Å²) >= 11 is 0. The minimum Gasteiger partial charge on any atom is -0.478 e. The van der Waals surface area contributed by atoms with Crippen molar-refractivity contribution in [3.63, 3.8) is 0 Å². The van der Waals surface area contributed by atoms with Crippen molar-refractivity contribution < 1.29 is 94.8 Å². The Hall–Kier alpha value is -2.86. The van der Waals surface area contributed by atoms with E-state index >= 15 is 0 Å². The van der Waals surface area contributed by atoms with Crippen molar-refractivity contribution in [2.45, 2.75) is 0 Å². The number of rotatable bonds is 1. The Morgan fingerprint density at radius 3 is 1.85 bits per heavy atom. The van der Waals surface area contributed by atoms with E-state index in [-0.39, 0.29) is 22.0 Å². The minimum absolute atomic E-state index is 0. The second kappa shape index (κ2) is 16.7. The van der Waals surface area contributed by atoms with E-state index in [1.54, 1.807) is 18.5 Å². The zero-order chi connectivity index (χ0) is 23.5. The molecule has 0 saturated heterocycles. The summed E-state index contributed by atoms with van der Waals surface area (Å²) in [4.78, 5) is 23.8. The number of nitrogens with one attached hydrogen (secondary N) is 2. The number of benzene rings is 1. The molecule has 1 aromatic carbocycles. The largest absolute Gasteiger partial charge is 0.478 e. The van der Waals surface area contributed by atoms with E-state index in [0.29, 0.717) is 5.82 Å². The fourth-order valence-corrected chi connectivity index (χ4v) is 1.53. The molecule has 2 aromatic heterocycles. The van der Waals surface area contributed by atoms with E-state index in [2.05, 4.69) is 25.7 Å². The molecule has 19 nitrogen and oxygen atoms in total. The Morgan fingerprint density at radius 2 is 1.48 bits per heavy atom. The normalized spacial score (nSPS) is 9.61. The lowest BCUT2D eigenvalue weighted by Gasteiger charge is -2.17. The Balaban J connectivity index is -0.000000174. The van der Waals surface area contributed by atoms with Gasteiger partial charge in [-0.3, -0.25) is 0 Å². The van der Waals surface area contributed by atoms with Crippen molar-refractivity contribution in [1.82, 2.24) is 15.0 Å². The average molecular weight is 527 g/mol. The number of carboxylic acid groups (broad SMARTS) is 1. The summed E-state index contributed by atoms with van der Waals surface area (Å²) in [7, 11) is -9.89. The highest BCUT2D eigenvalue weighted by atomic mass is 35.7. The van der Waals surface area contributed by atoms with Crippen LogP contribution in [0.5, 0.6) is 0 Å². The number of aromatic nitrogens is 4. The second-order valence-corrected chi connectivity index (χ2v) is 6.19. The third-order valence-electron chi connectivity index (χ3n) is 2.47. The van der Waals surface area contributed by atoms with Gasteiger partial charge in [-0.15, -0.1) is 20.5 Å². The molecule has 33 heavy (non-hydrogen) atoms. The van der Waals surface area contributed by atoms with Gasteiger partial charge >= 0.3 is 5.97 Å². The summed E-state index contributed by atoms with van der Waals surface area (Å²) in [6.45, 7) is 0. The molecule has 0 saturated carbocycles. The molecule has 0 unspecified atom stereocenters. The molecule has 14 N–H and O–H groups in total. The van der Waals surface area contributed by atoms with Gasteiger partial charge < -0.3 is 38.0 Å². The van der Waals surface area contributed by atoms with Crippen LogP contribution >= 0.6 is 0 Å². The molecule has 0 spiro atoms. The van der Waals surface area contributed by atoms with Crippen LogP contribution in [0, 0.1) is 20.5 Å². The molecule has 0 aliphatic heterocycles. The van der Waals surface area contributed by atoms with Gasteiger partial charge in [0.05, 0.1) is 5.56 Å². The number of imidazole rings is 1. The number of quaternary nitrogens is 1. The summed E-state index contributed by atoms with van der Waals surface area (Å²) in [6.07, 6.45) is 3.08. The van der Waals surface area contributed by atoms with Crippen molar-refractivity contribution in [2.75, 3.05) is 5.73 Å². The van der Waals surface area contributed by atoms with Crippen LogP contribution in [0.2, 0.25) is 0 Å². The van der Waals surface area contributed by atoms with Gasteiger partial charge in [-0.1, -0.05) is 16.0 Å². The summed E-state index contributed by atoms with van der Waals surface area (Å²) in [5.74, 6) is -0.447. The third kappa shape index (κ3) is 22.1. The Kier molecular flexibility index (Phi) is 19.0. The lowest BCUT2D eigenvalue weighted by molar-refractivity contribution is -2.00. The predicted octanol–water partition coefficient (Wildman–Crippen LogP) is -12.4. The van der Waals surface area contributed by atoms with Gasteiger partial charge in [-0.05, 0) is 12.1 Å². The number of aromatic carboxylic acids is 1. The van der Waals surface area contributed by atoms with Crippen LogP contribution in [0.3, 0.4) is 0 Å². The zero-order valence-electron chi connectivity index (χ0n) is 16.0. The van der Waals surface area contributed by atoms with Gasteiger partial charge in [0.25, 0.3) is 5.65 Å². The molecule has 0 bridgehead atoms. The smallest absolute Gasteiger partial charge is 0.335 e. The van der Waals surface area contributed by atoms with Crippen LogP contribution in [0.4, 0.5) is 11.5 Å². The van der Waals surface area contributed by atoms with Gasteiger partial charge in [0.1, 0.15) is 5.69 Å². The van der Waals surface area contributed by atoms with Crippen LogP contribution in [-0.4, -0.2) is 42.5 Å². The highest BCUT2D eigenvalue weighted by Crippen LogP contribution is 2.06. The molecule has 0 radical (unpaired) electrons. The number of halogens is 2. The highest BCUT2D eigenvalue weighted by molar-refractivity contribution is 5.88. The monoisotopic (exact) mass is 526 g/mol. The number of nitrogens with zero attached hydrogens (tertiary/aromatic N) is 2. The number of carbonyl (C=O) groups is 1. The van der Waals surface area contributed by atoms with E-state index in [1.807, 2.05) is 0 Å².